The van der Waals surface area contributed by atoms with E-state index in [1.54, 1.807) is 36.3 Å². The van der Waals surface area contributed by atoms with E-state index < -0.39 is 14.1 Å². The molecule has 0 saturated carbocycles. The maximum atomic E-state index is 14.4. The van der Waals surface area contributed by atoms with Crippen molar-refractivity contribution in [3.63, 3.8) is 0 Å². The standard InChI is InChI=1S/C27H37ClFNO4Si/c1-18(30-16-22(12-13-26(30)31)34-35(6,7)27(2,3)4)23-14-19(29)15-25(28)24(23)17-33-21-10-8-20(32-5)9-11-21/h8-11,14-15,18,22H,12-13,16-17H2,1-7H3/t18-,22?/m0/s1. The molecule has 0 aliphatic carbocycles. The lowest BCUT2D eigenvalue weighted by Gasteiger charge is -2.43. The van der Waals surface area contributed by atoms with E-state index in [9.17, 15) is 9.18 Å². The second-order valence-electron chi connectivity index (χ2n) is 10.7. The summed E-state index contributed by atoms with van der Waals surface area (Å²) in [4.78, 5) is 14.7. The monoisotopic (exact) mass is 521 g/mol. The van der Waals surface area contributed by atoms with E-state index >= 15 is 0 Å². The third-order valence-corrected chi connectivity index (χ3v) is 12.1. The van der Waals surface area contributed by atoms with Crippen molar-refractivity contribution in [3.8, 4) is 11.5 Å². The molecule has 8 heteroatoms. The van der Waals surface area contributed by atoms with Gasteiger partial charge in [-0.25, -0.2) is 4.39 Å². The van der Waals surface area contributed by atoms with Gasteiger partial charge in [-0.1, -0.05) is 32.4 Å². The number of piperidine rings is 1. The van der Waals surface area contributed by atoms with Gasteiger partial charge in [0.05, 0.1) is 24.3 Å². The number of nitrogens with zero attached hydrogens (tertiary/aromatic N) is 1. The van der Waals surface area contributed by atoms with Crippen LogP contribution in [0.1, 0.15) is 57.7 Å². The van der Waals surface area contributed by atoms with E-state index in [0.29, 0.717) is 36.3 Å². The number of halogens is 2. The summed E-state index contributed by atoms with van der Waals surface area (Å²) >= 11 is 6.47. The number of hydrogen-bond donors (Lipinski definition) is 0. The zero-order valence-electron chi connectivity index (χ0n) is 21.8. The fourth-order valence-electron chi connectivity index (χ4n) is 4.05. The number of likely N-dealkylation sites (tertiary alicyclic amines) is 1. The van der Waals surface area contributed by atoms with Gasteiger partial charge in [0.1, 0.15) is 23.9 Å². The summed E-state index contributed by atoms with van der Waals surface area (Å²) < 4.78 is 32.2. The Morgan fingerprint density at radius 1 is 1.17 bits per heavy atom. The van der Waals surface area contributed by atoms with Gasteiger partial charge in [-0.05, 0) is 73.4 Å². The van der Waals surface area contributed by atoms with E-state index in [0.717, 1.165) is 5.75 Å². The third-order valence-electron chi connectivity index (χ3n) is 7.22. The first kappa shape index (κ1) is 27.5. The Labute approximate surface area is 214 Å². The van der Waals surface area contributed by atoms with Crippen molar-refractivity contribution in [2.75, 3.05) is 13.7 Å². The molecule has 1 amide bonds. The number of methoxy groups -OCH3 is 1. The Hall–Kier alpha value is -2.09. The van der Waals surface area contributed by atoms with E-state index in [-0.39, 0.29) is 34.7 Å². The van der Waals surface area contributed by atoms with Crippen LogP contribution < -0.4 is 9.47 Å². The van der Waals surface area contributed by atoms with Crippen molar-refractivity contribution >= 4 is 25.8 Å². The van der Waals surface area contributed by atoms with E-state index in [4.69, 9.17) is 25.5 Å². The smallest absolute Gasteiger partial charge is 0.223 e. The third kappa shape index (κ3) is 6.57. The zero-order chi connectivity index (χ0) is 26.0. The van der Waals surface area contributed by atoms with Gasteiger partial charge >= 0.3 is 0 Å². The molecule has 1 heterocycles. The molecular formula is C27H37ClFNO4Si. The molecular weight excluding hydrogens is 485 g/mol. The summed E-state index contributed by atoms with van der Waals surface area (Å²) in [5.74, 6) is 0.963. The van der Waals surface area contributed by atoms with Crippen LogP contribution in [0.3, 0.4) is 0 Å². The van der Waals surface area contributed by atoms with Crippen molar-refractivity contribution in [2.45, 2.75) is 77.4 Å². The topological polar surface area (TPSA) is 48.0 Å². The molecule has 2 atom stereocenters. The molecule has 1 saturated heterocycles. The molecule has 0 aromatic heterocycles. The molecule has 0 bridgehead atoms. The van der Waals surface area contributed by atoms with Gasteiger partial charge in [0.15, 0.2) is 8.32 Å². The second kappa shape index (κ2) is 10.9. The van der Waals surface area contributed by atoms with Crippen LogP contribution >= 0.6 is 11.6 Å². The Bertz CT molecular complexity index is 1040. The minimum Gasteiger partial charge on any atom is -0.497 e. The summed E-state index contributed by atoms with van der Waals surface area (Å²) in [5.41, 5.74) is 1.31. The molecule has 0 N–H and O–H groups in total. The van der Waals surface area contributed by atoms with Crippen LogP contribution in [0.4, 0.5) is 4.39 Å². The van der Waals surface area contributed by atoms with Gasteiger partial charge in [-0.3, -0.25) is 4.79 Å². The molecule has 2 aromatic carbocycles. The maximum Gasteiger partial charge on any atom is 0.223 e. The molecule has 1 fully saturated rings. The molecule has 2 aromatic rings. The van der Waals surface area contributed by atoms with Crippen molar-refractivity contribution in [1.29, 1.82) is 0 Å². The van der Waals surface area contributed by atoms with Gasteiger partial charge in [0.25, 0.3) is 0 Å². The Morgan fingerprint density at radius 2 is 1.80 bits per heavy atom. The second-order valence-corrected chi connectivity index (χ2v) is 15.8. The lowest BCUT2D eigenvalue weighted by molar-refractivity contribution is -0.139. The van der Waals surface area contributed by atoms with Crippen LogP contribution in [0.5, 0.6) is 11.5 Å². The number of amides is 1. The molecule has 3 rings (SSSR count). The molecule has 1 unspecified atom stereocenters. The minimum absolute atomic E-state index is 0.0370. The molecule has 0 spiro atoms. The maximum absolute atomic E-state index is 14.4. The fourth-order valence-corrected chi connectivity index (χ4v) is 5.70. The Balaban J connectivity index is 1.82. The van der Waals surface area contributed by atoms with Crippen LogP contribution in [-0.2, 0) is 15.8 Å². The van der Waals surface area contributed by atoms with Crippen LogP contribution in [0, 0.1) is 5.82 Å². The number of carbonyl (C=O) groups is 1. The average molecular weight is 522 g/mol. The largest absolute Gasteiger partial charge is 0.497 e. The molecule has 1 aliphatic heterocycles. The van der Waals surface area contributed by atoms with Gasteiger partial charge in [0.2, 0.25) is 5.91 Å². The van der Waals surface area contributed by atoms with E-state index in [1.165, 1.54) is 12.1 Å². The lowest BCUT2D eigenvalue weighted by atomic mass is 9.97. The molecule has 5 nitrogen and oxygen atoms in total. The van der Waals surface area contributed by atoms with E-state index in [1.807, 2.05) is 6.92 Å². The van der Waals surface area contributed by atoms with Crippen molar-refractivity contribution in [3.05, 3.63) is 58.4 Å². The predicted octanol–water partition coefficient (Wildman–Crippen LogP) is 7.14. The zero-order valence-corrected chi connectivity index (χ0v) is 23.5. The number of carbonyl (C=O) groups excluding carboxylic acids is 1. The summed E-state index contributed by atoms with van der Waals surface area (Å²) in [6.07, 6.45) is 1.06. The van der Waals surface area contributed by atoms with Crippen molar-refractivity contribution in [2.24, 2.45) is 0 Å². The molecule has 1 aliphatic rings. The van der Waals surface area contributed by atoms with E-state index in [2.05, 4.69) is 33.9 Å². The Morgan fingerprint density at radius 3 is 2.40 bits per heavy atom. The highest BCUT2D eigenvalue weighted by atomic mass is 35.5. The highest BCUT2D eigenvalue weighted by Crippen LogP contribution is 2.39. The molecule has 192 valence electrons. The lowest BCUT2D eigenvalue weighted by Crippen LogP contribution is -2.51. The first-order chi connectivity index (χ1) is 16.3. The van der Waals surface area contributed by atoms with Crippen LogP contribution in [0.25, 0.3) is 0 Å². The summed E-state index contributed by atoms with van der Waals surface area (Å²) in [5, 5.41) is 0.353. The average Bonchev–Trinajstić information content (AvgIpc) is 2.78. The first-order valence-corrected chi connectivity index (χ1v) is 15.3. The van der Waals surface area contributed by atoms with Crippen LogP contribution in [0.15, 0.2) is 36.4 Å². The first-order valence-electron chi connectivity index (χ1n) is 12.0. The predicted molar refractivity (Wildman–Crippen MR) is 140 cm³/mol. The van der Waals surface area contributed by atoms with Crippen molar-refractivity contribution < 1.29 is 23.1 Å². The molecule has 35 heavy (non-hydrogen) atoms. The van der Waals surface area contributed by atoms with Crippen LogP contribution in [0.2, 0.25) is 23.2 Å². The van der Waals surface area contributed by atoms with Gasteiger partial charge in [-0.2, -0.15) is 0 Å². The quantitative estimate of drug-likeness (QED) is 0.346. The summed E-state index contributed by atoms with van der Waals surface area (Å²) in [6.45, 7) is 13.6. The highest BCUT2D eigenvalue weighted by molar-refractivity contribution is 6.74. The summed E-state index contributed by atoms with van der Waals surface area (Å²) in [7, 11) is -0.389. The van der Waals surface area contributed by atoms with Crippen molar-refractivity contribution in [1.82, 2.24) is 4.90 Å². The normalized spacial score (nSPS) is 17.9. The van der Waals surface area contributed by atoms with Crippen LogP contribution in [-0.4, -0.2) is 38.9 Å². The molecule has 0 radical (unpaired) electrons. The number of hydrogen-bond acceptors (Lipinski definition) is 4. The minimum atomic E-state index is -1.99. The SMILES string of the molecule is COc1ccc(OCc2c(Cl)cc(F)cc2[C@H](C)N2CC(O[Si](C)(C)C(C)(C)C)CCC2=O)cc1. The number of rotatable bonds is 8. The fraction of sp³-hybridized carbons (Fsp3) is 0.519. The summed E-state index contributed by atoms with van der Waals surface area (Å²) in [6, 6.07) is 9.57. The van der Waals surface area contributed by atoms with Gasteiger partial charge in [-0.15, -0.1) is 0 Å². The number of ether oxygens (including phenoxy) is 2. The Kier molecular flexibility index (Phi) is 8.55. The number of benzene rings is 2. The highest BCUT2D eigenvalue weighted by Gasteiger charge is 2.41. The van der Waals surface area contributed by atoms with Gasteiger partial charge in [0, 0.05) is 18.5 Å². The van der Waals surface area contributed by atoms with Gasteiger partial charge < -0.3 is 18.8 Å².